The van der Waals surface area contributed by atoms with Gasteiger partial charge in [-0.05, 0) is 68.0 Å². The van der Waals surface area contributed by atoms with Crippen LogP contribution in [0.3, 0.4) is 0 Å². The number of nitrogens with one attached hydrogen (secondary N) is 2. The number of halogens is 1. The van der Waals surface area contributed by atoms with E-state index in [0.717, 1.165) is 61.2 Å². The molecule has 2 aliphatic heterocycles. The zero-order valence-electron chi connectivity index (χ0n) is 19.4. The number of pyridine rings is 1. The molecule has 1 aromatic heterocycles. The summed E-state index contributed by atoms with van der Waals surface area (Å²) >= 11 is 0. The van der Waals surface area contributed by atoms with E-state index in [-0.39, 0.29) is 29.9 Å². The zero-order valence-corrected chi connectivity index (χ0v) is 21.8. The van der Waals surface area contributed by atoms with Gasteiger partial charge < -0.3 is 20.4 Å². The standard InChI is InChI=1S/C25H34N6O.HI/c1-2-26-25(28-18-20-8-10-22(11-9-20)31-16-6-7-24(31)32)29-19-21-12-13-27-23(17-21)30-14-4-3-5-15-30;/h8-13,17H,2-7,14-16,18-19H2,1H3,(H2,26,28,29);1H. The average Bonchev–Trinajstić information content (AvgIpc) is 3.28. The molecule has 3 heterocycles. The van der Waals surface area contributed by atoms with E-state index in [9.17, 15) is 4.79 Å². The molecule has 178 valence electrons. The van der Waals surface area contributed by atoms with Gasteiger partial charge in [0.15, 0.2) is 5.96 Å². The Hall–Kier alpha value is -2.36. The van der Waals surface area contributed by atoms with Gasteiger partial charge in [0.25, 0.3) is 0 Å². The molecule has 2 aromatic rings. The SMILES string of the molecule is CCNC(=NCc1ccnc(N2CCCCC2)c1)NCc1ccc(N2CCCC2=O)cc1.I. The van der Waals surface area contributed by atoms with Crippen molar-refractivity contribution >= 4 is 47.3 Å². The molecule has 2 N–H and O–H groups in total. The van der Waals surface area contributed by atoms with E-state index in [0.29, 0.717) is 19.5 Å². The summed E-state index contributed by atoms with van der Waals surface area (Å²) in [6, 6.07) is 12.4. The fourth-order valence-electron chi connectivity index (χ4n) is 4.27. The van der Waals surface area contributed by atoms with Crippen molar-refractivity contribution in [3.63, 3.8) is 0 Å². The molecule has 2 fully saturated rings. The lowest BCUT2D eigenvalue weighted by Gasteiger charge is -2.27. The van der Waals surface area contributed by atoms with Crippen LogP contribution < -0.4 is 20.4 Å². The highest BCUT2D eigenvalue weighted by molar-refractivity contribution is 14.0. The van der Waals surface area contributed by atoms with E-state index >= 15 is 0 Å². The van der Waals surface area contributed by atoms with E-state index in [1.54, 1.807) is 0 Å². The van der Waals surface area contributed by atoms with Crippen LogP contribution >= 0.6 is 24.0 Å². The van der Waals surface area contributed by atoms with Crippen LogP contribution in [0.15, 0.2) is 47.6 Å². The molecule has 8 heteroatoms. The van der Waals surface area contributed by atoms with Gasteiger partial charge in [0.05, 0.1) is 6.54 Å². The molecule has 4 rings (SSSR count). The summed E-state index contributed by atoms with van der Waals surface area (Å²) < 4.78 is 0. The van der Waals surface area contributed by atoms with Crippen molar-refractivity contribution in [2.75, 3.05) is 36.0 Å². The first kappa shape index (κ1) is 25.3. The smallest absolute Gasteiger partial charge is 0.227 e. The average molecular weight is 563 g/mol. The molecule has 0 radical (unpaired) electrons. The summed E-state index contributed by atoms with van der Waals surface area (Å²) in [6.07, 6.45) is 7.30. The van der Waals surface area contributed by atoms with E-state index in [4.69, 9.17) is 4.99 Å². The minimum atomic E-state index is 0. The largest absolute Gasteiger partial charge is 0.357 e. The van der Waals surface area contributed by atoms with Gasteiger partial charge >= 0.3 is 0 Å². The number of nitrogens with zero attached hydrogens (tertiary/aromatic N) is 4. The maximum Gasteiger partial charge on any atom is 0.227 e. The second kappa shape index (κ2) is 12.8. The van der Waals surface area contributed by atoms with Crippen LogP contribution in [0.5, 0.6) is 0 Å². The Labute approximate surface area is 214 Å². The Balaban J connectivity index is 0.00000306. The molecule has 1 aromatic carbocycles. The Kier molecular flexibility index (Phi) is 9.77. The second-order valence-electron chi connectivity index (χ2n) is 8.43. The first-order valence-electron chi connectivity index (χ1n) is 11.8. The number of carbonyl (C=O) groups excluding carboxylic acids is 1. The van der Waals surface area contributed by atoms with Crippen LogP contribution in [0.4, 0.5) is 11.5 Å². The molecular formula is C25H35IN6O. The molecule has 0 bridgehead atoms. The monoisotopic (exact) mass is 562 g/mol. The third-order valence-corrected chi connectivity index (χ3v) is 6.04. The van der Waals surface area contributed by atoms with Crippen molar-refractivity contribution in [1.29, 1.82) is 0 Å². The van der Waals surface area contributed by atoms with Gasteiger partial charge in [-0.15, -0.1) is 24.0 Å². The molecule has 0 unspecified atom stereocenters. The highest BCUT2D eigenvalue weighted by atomic mass is 127. The molecule has 2 aliphatic rings. The molecule has 1 amide bonds. The number of rotatable bonds is 7. The minimum Gasteiger partial charge on any atom is -0.357 e. The molecule has 2 saturated heterocycles. The van der Waals surface area contributed by atoms with E-state index in [1.807, 2.05) is 29.3 Å². The normalized spacial score (nSPS) is 16.5. The maximum absolute atomic E-state index is 11.9. The Morgan fingerprint density at radius 2 is 1.79 bits per heavy atom. The molecule has 7 nitrogen and oxygen atoms in total. The lowest BCUT2D eigenvalue weighted by molar-refractivity contribution is -0.117. The van der Waals surface area contributed by atoms with Crippen molar-refractivity contribution in [2.45, 2.75) is 52.1 Å². The fraction of sp³-hybridized carbons (Fsp3) is 0.480. The fourth-order valence-corrected chi connectivity index (χ4v) is 4.27. The van der Waals surface area contributed by atoms with Crippen LogP contribution in [-0.4, -0.2) is 43.0 Å². The van der Waals surface area contributed by atoms with Gasteiger partial charge in [-0.1, -0.05) is 12.1 Å². The number of aliphatic imine (C=N–C) groups is 1. The number of anilines is 2. The summed E-state index contributed by atoms with van der Waals surface area (Å²) in [7, 11) is 0. The Morgan fingerprint density at radius 1 is 1.00 bits per heavy atom. The van der Waals surface area contributed by atoms with Gasteiger partial charge in [-0.25, -0.2) is 9.98 Å². The molecule has 0 aliphatic carbocycles. The van der Waals surface area contributed by atoms with Crippen LogP contribution in [0.25, 0.3) is 0 Å². The van der Waals surface area contributed by atoms with Gasteiger partial charge in [0, 0.05) is 51.0 Å². The van der Waals surface area contributed by atoms with Crippen molar-refractivity contribution in [3.05, 3.63) is 53.7 Å². The topological polar surface area (TPSA) is 72.9 Å². The maximum atomic E-state index is 11.9. The van der Waals surface area contributed by atoms with Gasteiger partial charge in [0.1, 0.15) is 5.82 Å². The number of guanidine groups is 1. The summed E-state index contributed by atoms with van der Waals surface area (Å²) in [5, 5.41) is 6.74. The van der Waals surface area contributed by atoms with Gasteiger partial charge in [0.2, 0.25) is 5.91 Å². The van der Waals surface area contributed by atoms with Gasteiger partial charge in [-0.2, -0.15) is 0 Å². The summed E-state index contributed by atoms with van der Waals surface area (Å²) in [5.74, 6) is 2.08. The lowest BCUT2D eigenvalue weighted by atomic mass is 10.1. The van der Waals surface area contributed by atoms with Gasteiger partial charge in [-0.3, -0.25) is 4.79 Å². The van der Waals surface area contributed by atoms with E-state index in [1.165, 1.54) is 19.3 Å². The molecule has 0 spiro atoms. The van der Waals surface area contributed by atoms with E-state index < -0.39 is 0 Å². The van der Waals surface area contributed by atoms with Crippen molar-refractivity contribution in [2.24, 2.45) is 4.99 Å². The highest BCUT2D eigenvalue weighted by Crippen LogP contribution is 2.22. The molecule has 0 saturated carbocycles. The number of benzene rings is 1. The Bertz CT molecular complexity index is 927. The van der Waals surface area contributed by atoms with Crippen LogP contribution in [0.1, 0.15) is 50.2 Å². The number of aromatic nitrogens is 1. The third-order valence-electron chi connectivity index (χ3n) is 6.04. The summed E-state index contributed by atoms with van der Waals surface area (Å²) in [4.78, 5) is 25.5. The summed E-state index contributed by atoms with van der Waals surface area (Å²) in [6.45, 7) is 7.16. The first-order chi connectivity index (χ1) is 15.7. The highest BCUT2D eigenvalue weighted by Gasteiger charge is 2.21. The Morgan fingerprint density at radius 3 is 2.48 bits per heavy atom. The summed E-state index contributed by atoms with van der Waals surface area (Å²) in [5.41, 5.74) is 3.30. The minimum absolute atomic E-state index is 0. The predicted octanol–water partition coefficient (Wildman–Crippen LogP) is 4.07. The van der Waals surface area contributed by atoms with Crippen LogP contribution in [0.2, 0.25) is 0 Å². The second-order valence-corrected chi connectivity index (χ2v) is 8.43. The molecule has 33 heavy (non-hydrogen) atoms. The van der Waals surface area contributed by atoms with Crippen molar-refractivity contribution < 1.29 is 4.79 Å². The quantitative estimate of drug-likeness (QED) is 0.303. The molecular weight excluding hydrogens is 527 g/mol. The van der Waals surface area contributed by atoms with Crippen molar-refractivity contribution in [1.82, 2.24) is 15.6 Å². The number of amides is 1. The number of piperidine rings is 1. The van der Waals surface area contributed by atoms with Crippen LogP contribution in [-0.2, 0) is 17.9 Å². The van der Waals surface area contributed by atoms with Crippen molar-refractivity contribution in [3.8, 4) is 0 Å². The number of carbonyl (C=O) groups is 1. The molecule has 0 atom stereocenters. The number of hydrogen-bond donors (Lipinski definition) is 2. The van der Waals surface area contributed by atoms with E-state index in [2.05, 4.69) is 45.6 Å². The predicted molar refractivity (Wildman–Crippen MR) is 145 cm³/mol. The van der Waals surface area contributed by atoms with Crippen LogP contribution in [0, 0.1) is 0 Å². The first-order valence-corrected chi connectivity index (χ1v) is 11.8. The third kappa shape index (κ3) is 7.06. The zero-order chi connectivity index (χ0) is 22.2. The lowest BCUT2D eigenvalue weighted by Crippen LogP contribution is -2.36. The number of hydrogen-bond acceptors (Lipinski definition) is 4.